The maximum atomic E-state index is 2.52. The third-order valence-electron chi connectivity index (χ3n) is 13.9. The summed E-state index contributed by atoms with van der Waals surface area (Å²) in [5, 5.41) is 23.1. The van der Waals surface area contributed by atoms with Crippen molar-refractivity contribution in [1.29, 1.82) is 0 Å². The van der Waals surface area contributed by atoms with Crippen molar-refractivity contribution in [2.45, 2.75) is 0 Å². The van der Waals surface area contributed by atoms with E-state index in [9.17, 15) is 0 Å². The summed E-state index contributed by atoms with van der Waals surface area (Å²) < 4.78 is 0. The third-order valence-corrected chi connectivity index (χ3v) is 13.9. The summed E-state index contributed by atoms with van der Waals surface area (Å²) in [6, 6.07) is 82.3. The Labute approximate surface area is 358 Å². The SMILES string of the molecule is c1ccc2c(-c3cc(-c4cc(-c5ccc6ccc7cccc8ccc5c6c78)cc5ccccc45)c4ccccc4c3-c3ccc4ccc5cccc6ccc3c4c56)cccc2c1. The van der Waals surface area contributed by atoms with E-state index >= 15 is 0 Å². The molecule has 0 spiro atoms. The van der Waals surface area contributed by atoms with Crippen LogP contribution in [0, 0.1) is 0 Å². The van der Waals surface area contributed by atoms with Gasteiger partial charge >= 0.3 is 0 Å². The van der Waals surface area contributed by atoms with Crippen molar-refractivity contribution >= 4 is 97.0 Å². The molecule has 0 radical (unpaired) electrons. The van der Waals surface area contributed by atoms with E-state index in [1.807, 2.05) is 0 Å². The summed E-state index contributed by atoms with van der Waals surface area (Å²) in [4.78, 5) is 0. The van der Waals surface area contributed by atoms with Gasteiger partial charge < -0.3 is 0 Å². The highest BCUT2D eigenvalue weighted by atomic mass is 14.3. The molecule has 14 aromatic carbocycles. The van der Waals surface area contributed by atoms with E-state index in [1.54, 1.807) is 0 Å². The van der Waals surface area contributed by atoms with Crippen molar-refractivity contribution in [3.63, 3.8) is 0 Å². The standard InChI is InChI=1S/C62H36/c1-3-17-46-37(10-1)12-9-21-49(46)57-36-56(50-19-5-6-20-51(50)62(57)54-33-29-43-25-23-39-14-8-16-41-28-32-53(54)61(43)59(39)41)55-35-45(34-44-11-2-4-18-47(44)55)48-30-26-42-24-22-38-13-7-15-40-27-31-52(48)60(42)58(38)40/h1-36H. The zero-order chi connectivity index (χ0) is 40.5. The molecule has 62 heavy (non-hydrogen) atoms. The molecule has 0 atom stereocenters. The predicted molar refractivity (Wildman–Crippen MR) is 268 cm³/mol. The summed E-state index contributed by atoms with van der Waals surface area (Å²) >= 11 is 0. The van der Waals surface area contributed by atoms with Crippen molar-refractivity contribution in [2.24, 2.45) is 0 Å². The highest BCUT2D eigenvalue weighted by Gasteiger charge is 2.23. The van der Waals surface area contributed by atoms with Crippen molar-refractivity contribution in [1.82, 2.24) is 0 Å². The van der Waals surface area contributed by atoms with Crippen LogP contribution in [0.15, 0.2) is 218 Å². The van der Waals surface area contributed by atoms with Crippen LogP contribution in [0.3, 0.4) is 0 Å². The minimum Gasteiger partial charge on any atom is -0.0616 e. The van der Waals surface area contributed by atoms with Gasteiger partial charge in [-0.1, -0.05) is 200 Å². The molecule has 0 amide bonds. The molecule has 0 fully saturated rings. The maximum absolute atomic E-state index is 2.52. The number of rotatable bonds is 4. The molecule has 0 saturated heterocycles. The molecule has 14 rings (SSSR count). The molecule has 0 aliphatic carbocycles. The minimum absolute atomic E-state index is 1.23. The molecule has 0 aliphatic heterocycles. The van der Waals surface area contributed by atoms with Gasteiger partial charge in [0.1, 0.15) is 0 Å². The van der Waals surface area contributed by atoms with E-state index in [2.05, 4.69) is 218 Å². The van der Waals surface area contributed by atoms with Crippen LogP contribution >= 0.6 is 0 Å². The zero-order valence-electron chi connectivity index (χ0n) is 33.8. The molecular formula is C62H36. The Hall–Kier alpha value is -8.06. The van der Waals surface area contributed by atoms with Crippen molar-refractivity contribution < 1.29 is 0 Å². The largest absolute Gasteiger partial charge is 0.0616 e. The molecule has 0 aromatic heterocycles. The van der Waals surface area contributed by atoms with Gasteiger partial charge in [-0.2, -0.15) is 0 Å². The van der Waals surface area contributed by atoms with Gasteiger partial charge in [-0.15, -0.1) is 0 Å². The van der Waals surface area contributed by atoms with Crippen LogP contribution in [0.2, 0.25) is 0 Å². The first-order valence-electron chi connectivity index (χ1n) is 21.7. The molecule has 14 aromatic rings. The van der Waals surface area contributed by atoms with Gasteiger partial charge in [0, 0.05) is 0 Å². The van der Waals surface area contributed by atoms with Crippen molar-refractivity contribution in [3.8, 4) is 44.5 Å². The second-order valence-electron chi connectivity index (χ2n) is 17.1. The molecule has 0 saturated carbocycles. The Bertz CT molecular complexity index is 4110. The van der Waals surface area contributed by atoms with Crippen molar-refractivity contribution in [3.05, 3.63) is 218 Å². The first kappa shape index (κ1) is 33.7. The lowest BCUT2D eigenvalue weighted by Crippen LogP contribution is -1.95. The van der Waals surface area contributed by atoms with Crippen LogP contribution in [0.4, 0.5) is 0 Å². The quantitative estimate of drug-likeness (QED) is 0.156. The Balaban J connectivity index is 1.11. The Morgan fingerprint density at radius 1 is 0.177 bits per heavy atom. The first-order valence-corrected chi connectivity index (χ1v) is 21.7. The molecule has 0 heterocycles. The van der Waals surface area contributed by atoms with E-state index in [0.717, 1.165) is 0 Å². The minimum atomic E-state index is 1.23. The van der Waals surface area contributed by atoms with E-state index in [0.29, 0.717) is 0 Å². The topological polar surface area (TPSA) is 0 Å². The average molecular weight is 781 g/mol. The van der Waals surface area contributed by atoms with Crippen LogP contribution in [-0.4, -0.2) is 0 Å². The maximum Gasteiger partial charge on any atom is -0.00199 e. The lowest BCUT2D eigenvalue weighted by Gasteiger charge is -2.22. The van der Waals surface area contributed by atoms with Crippen LogP contribution in [0.25, 0.3) is 141 Å². The fraction of sp³-hybridized carbons (Fsp3) is 0. The fourth-order valence-corrected chi connectivity index (χ4v) is 11.2. The average Bonchev–Trinajstić information content (AvgIpc) is 3.34. The summed E-state index contributed by atoms with van der Waals surface area (Å²) in [6.07, 6.45) is 0. The van der Waals surface area contributed by atoms with Crippen LogP contribution in [0.5, 0.6) is 0 Å². The smallest absolute Gasteiger partial charge is 0.00199 e. The van der Waals surface area contributed by atoms with E-state index < -0.39 is 0 Å². The highest BCUT2D eigenvalue weighted by molar-refractivity contribution is 6.29. The van der Waals surface area contributed by atoms with Gasteiger partial charge in [-0.3, -0.25) is 0 Å². The zero-order valence-corrected chi connectivity index (χ0v) is 33.8. The molecule has 284 valence electrons. The molecular weight excluding hydrogens is 745 g/mol. The lowest BCUT2D eigenvalue weighted by atomic mass is 9.81. The number of benzene rings is 14. The van der Waals surface area contributed by atoms with Crippen LogP contribution in [-0.2, 0) is 0 Å². The van der Waals surface area contributed by atoms with Gasteiger partial charge in [0.15, 0.2) is 0 Å². The van der Waals surface area contributed by atoms with Gasteiger partial charge in [-0.05, 0) is 160 Å². The summed E-state index contributed by atoms with van der Waals surface area (Å²) in [5.41, 5.74) is 9.96. The van der Waals surface area contributed by atoms with E-state index in [1.165, 1.54) is 141 Å². The first-order chi connectivity index (χ1) is 30.7. The van der Waals surface area contributed by atoms with E-state index in [4.69, 9.17) is 0 Å². The monoisotopic (exact) mass is 780 g/mol. The van der Waals surface area contributed by atoms with Gasteiger partial charge in [0.2, 0.25) is 0 Å². The molecule has 0 bridgehead atoms. The molecule has 0 N–H and O–H groups in total. The summed E-state index contributed by atoms with van der Waals surface area (Å²) in [6.45, 7) is 0. The van der Waals surface area contributed by atoms with Crippen molar-refractivity contribution in [2.75, 3.05) is 0 Å². The Morgan fingerprint density at radius 3 is 1.27 bits per heavy atom. The Morgan fingerprint density at radius 2 is 0.613 bits per heavy atom. The number of hydrogen-bond donors (Lipinski definition) is 0. The predicted octanol–water partition coefficient (Wildman–Crippen LogP) is 17.6. The fourth-order valence-electron chi connectivity index (χ4n) is 11.2. The second-order valence-corrected chi connectivity index (χ2v) is 17.1. The summed E-state index contributed by atoms with van der Waals surface area (Å²) in [5.74, 6) is 0. The number of fused-ring (bicyclic) bond motifs is 3. The van der Waals surface area contributed by atoms with Gasteiger partial charge in [0.25, 0.3) is 0 Å². The molecule has 0 aliphatic rings. The normalized spacial score (nSPS) is 12.2. The highest BCUT2D eigenvalue weighted by Crippen LogP contribution is 2.50. The molecule has 0 heteroatoms. The second kappa shape index (κ2) is 12.7. The molecule has 0 nitrogen and oxygen atoms in total. The van der Waals surface area contributed by atoms with Crippen LogP contribution < -0.4 is 0 Å². The lowest BCUT2D eigenvalue weighted by molar-refractivity contribution is 1.63. The molecule has 0 unspecified atom stereocenters. The van der Waals surface area contributed by atoms with E-state index in [-0.39, 0.29) is 0 Å². The van der Waals surface area contributed by atoms with Crippen LogP contribution in [0.1, 0.15) is 0 Å². The summed E-state index contributed by atoms with van der Waals surface area (Å²) in [7, 11) is 0. The Kier molecular flexibility index (Phi) is 6.92. The third kappa shape index (κ3) is 4.72. The van der Waals surface area contributed by atoms with Gasteiger partial charge in [-0.25, -0.2) is 0 Å². The van der Waals surface area contributed by atoms with Gasteiger partial charge in [0.05, 0.1) is 0 Å². The number of hydrogen-bond acceptors (Lipinski definition) is 0.